The molecule has 1 aromatic carbocycles. The van der Waals surface area contributed by atoms with Gasteiger partial charge in [-0.15, -0.1) is 0 Å². The molecule has 0 unspecified atom stereocenters. The number of nitrogens with one attached hydrogen (secondary N) is 1. The number of hydrogen-bond acceptors (Lipinski definition) is 4. The zero-order valence-electron chi connectivity index (χ0n) is 18.2. The summed E-state index contributed by atoms with van der Waals surface area (Å²) in [6, 6.07) is 10.2. The Bertz CT molecular complexity index is 862. The molecule has 1 atom stereocenters. The van der Waals surface area contributed by atoms with Crippen LogP contribution in [0.1, 0.15) is 56.9 Å². The molecule has 1 N–H and O–H groups in total. The Morgan fingerprint density at radius 2 is 1.86 bits per heavy atom. The lowest BCUT2D eigenvalue weighted by Crippen LogP contribution is -2.35. The molecule has 0 bridgehead atoms. The van der Waals surface area contributed by atoms with Crippen molar-refractivity contribution < 1.29 is 4.79 Å². The third-order valence-corrected chi connectivity index (χ3v) is 6.31. The van der Waals surface area contributed by atoms with Crippen molar-refractivity contribution in [3.05, 3.63) is 57.5 Å². The molecule has 2 rings (SSSR count). The largest absolute Gasteiger partial charge is 0.353 e. The summed E-state index contributed by atoms with van der Waals surface area (Å²) in [6.45, 7) is 8.15. The van der Waals surface area contributed by atoms with Crippen molar-refractivity contribution in [2.75, 3.05) is 5.75 Å². The minimum absolute atomic E-state index is 0.0194. The zero-order valence-corrected chi connectivity index (χ0v) is 19.0. The normalized spacial score (nSPS) is 12.2. The highest BCUT2D eigenvalue weighted by atomic mass is 32.2. The lowest BCUT2D eigenvalue weighted by atomic mass is 10.1. The van der Waals surface area contributed by atoms with Gasteiger partial charge in [0.2, 0.25) is 5.91 Å². The van der Waals surface area contributed by atoms with Gasteiger partial charge in [0, 0.05) is 42.9 Å². The predicted octanol–water partition coefficient (Wildman–Crippen LogP) is 4.10. The van der Waals surface area contributed by atoms with Crippen molar-refractivity contribution in [3.8, 4) is 0 Å². The summed E-state index contributed by atoms with van der Waals surface area (Å²) < 4.78 is 1.65. The minimum Gasteiger partial charge on any atom is -0.353 e. The van der Waals surface area contributed by atoms with E-state index in [0.29, 0.717) is 18.8 Å². The Morgan fingerprint density at radius 1 is 1.17 bits per heavy atom. The SMILES string of the molecule is Cc1nc(SCCCCC(=O)N[C@@H](C)C(C)C)n(C)c(=O)c1Cc1ccccc1. The molecule has 0 aliphatic heterocycles. The van der Waals surface area contributed by atoms with Crippen LogP contribution in [0.15, 0.2) is 40.3 Å². The van der Waals surface area contributed by atoms with Gasteiger partial charge < -0.3 is 5.32 Å². The fraction of sp³-hybridized carbons (Fsp3) is 0.522. The maximum Gasteiger partial charge on any atom is 0.257 e. The Kier molecular flexibility index (Phi) is 8.96. The number of aromatic nitrogens is 2. The molecule has 0 radical (unpaired) electrons. The van der Waals surface area contributed by atoms with Gasteiger partial charge in [0.25, 0.3) is 5.56 Å². The number of rotatable bonds is 10. The molecule has 0 saturated carbocycles. The van der Waals surface area contributed by atoms with E-state index < -0.39 is 0 Å². The van der Waals surface area contributed by atoms with Gasteiger partial charge in [0.15, 0.2) is 5.16 Å². The van der Waals surface area contributed by atoms with Crippen LogP contribution in [0.3, 0.4) is 0 Å². The zero-order chi connectivity index (χ0) is 21.4. The first kappa shape index (κ1) is 23.2. The fourth-order valence-electron chi connectivity index (χ4n) is 2.91. The maximum atomic E-state index is 12.8. The number of hydrogen-bond donors (Lipinski definition) is 1. The van der Waals surface area contributed by atoms with Gasteiger partial charge in [-0.2, -0.15) is 0 Å². The van der Waals surface area contributed by atoms with Crippen LogP contribution in [0.25, 0.3) is 0 Å². The molecule has 0 aliphatic rings. The molecule has 0 aliphatic carbocycles. The number of amides is 1. The first-order valence-electron chi connectivity index (χ1n) is 10.3. The van der Waals surface area contributed by atoms with Crippen molar-refractivity contribution in [2.24, 2.45) is 13.0 Å². The van der Waals surface area contributed by atoms with Gasteiger partial charge in [-0.3, -0.25) is 14.2 Å². The van der Waals surface area contributed by atoms with Gasteiger partial charge in [0.05, 0.1) is 0 Å². The Hall–Kier alpha value is -2.08. The highest BCUT2D eigenvalue weighted by molar-refractivity contribution is 7.99. The molecule has 1 aromatic heterocycles. The maximum absolute atomic E-state index is 12.8. The Balaban J connectivity index is 1.87. The van der Waals surface area contributed by atoms with Gasteiger partial charge in [-0.05, 0) is 38.2 Å². The summed E-state index contributed by atoms with van der Waals surface area (Å²) in [6.07, 6.45) is 2.89. The number of unbranched alkanes of at least 4 members (excludes halogenated alkanes) is 1. The van der Waals surface area contributed by atoms with Crippen LogP contribution in [-0.4, -0.2) is 27.3 Å². The molecule has 0 fully saturated rings. The summed E-state index contributed by atoms with van der Waals surface area (Å²) in [5.41, 5.74) is 2.67. The van der Waals surface area contributed by atoms with Crippen LogP contribution >= 0.6 is 11.8 Å². The number of nitrogens with zero attached hydrogens (tertiary/aromatic N) is 2. The third-order valence-electron chi connectivity index (χ3n) is 5.19. The molecule has 6 heteroatoms. The molecule has 29 heavy (non-hydrogen) atoms. The summed E-state index contributed by atoms with van der Waals surface area (Å²) in [4.78, 5) is 29.4. The smallest absolute Gasteiger partial charge is 0.257 e. The highest BCUT2D eigenvalue weighted by Gasteiger charge is 2.13. The van der Waals surface area contributed by atoms with E-state index in [1.807, 2.05) is 44.2 Å². The number of benzene rings is 1. The first-order valence-corrected chi connectivity index (χ1v) is 11.3. The second-order valence-electron chi connectivity index (χ2n) is 7.89. The van der Waals surface area contributed by atoms with Crippen molar-refractivity contribution >= 4 is 17.7 Å². The van der Waals surface area contributed by atoms with E-state index in [1.165, 1.54) is 0 Å². The fourth-order valence-corrected chi connectivity index (χ4v) is 3.92. The summed E-state index contributed by atoms with van der Waals surface area (Å²) >= 11 is 1.58. The van der Waals surface area contributed by atoms with Gasteiger partial charge >= 0.3 is 0 Å². The van der Waals surface area contributed by atoms with Crippen LogP contribution < -0.4 is 10.9 Å². The van der Waals surface area contributed by atoms with Gasteiger partial charge in [-0.1, -0.05) is 55.9 Å². The number of aryl methyl sites for hydroxylation is 1. The van der Waals surface area contributed by atoms with E-state index in [0.717, 1.165) is 40.6 Å². The first-order chi connectivity index (χ1) is 13.8. The molecule has 2 aromatic rings. The van der Waals surface area contributed by atoms with Crippen LogP contribution in [0.2, 0.25) is 0 Å². The Labute approximate surface area is 178 Å². The minimum atomic E-state index is 0.0194. The van der Waals surface area contributed by atoms with E-state index in [1.54, 1.807) is 23.4 Å². The quantitative estimate of drug-likeness (QED) is 0.360. The van der Waals surface area contributed by atoms with Crippen molar-refractivity contribution in [2.45, 2.75) is 64.6 Å². The van der Waals surface area contributed by atoms with Crippen LogP contribution in [-0.2, 0) is 18.3 Å². The molecular formula is C23H33N3O2S. The molecule has 0 spiro atoms. The topological polar surface area (TPSA) is 64.0 Å². The average Bonchev–Trinajstić information content (AvgIpc) is 2.69. The summed E-state index contributed by atoms with van der Waals surface area (Å²) in [5.74, 6) is 1.39. The van der Waals surface area contributed by atoms with E-state index in [2.05, 4.69) is 24.1 Å². The van der Waals surface area contributed by atoms with E-state index in [9.17, 15) is 9.59 Å². The summed E-state index contributed by atoms with van der Waals surface area (Å²) in [7, 11) is 1.78. The molecule has 1 heterocycles. The molecule has 1 amide bonds. The highest BCUT2D eigenvalue weighted by Crippen LogP contribution is 2.18. The second kappa shape index (κ2) is 11.2. The number of carbonyl (C=O) groups is 1. The third kappa shape index (κ3) is 7.03. The van der Waals surface area contributed by atoms with Crippen LogP contribution in [0.5, 0.6) is 0 Å². The number of carbonyl (C=O) groups excluding carboxylic acids is 1. The monoisotopic (exact) mass is 415 g/mol. The van der Waals surface area contributed by atoms with Crippen molar-refractivity contribution in [1.29, 1.82) is 0 Å². The van der Waals surface area contributed by atoms with Crippen LogP contribution in [0.4, 0.5) is 0 Å². The van der Waals surface area contributed by atoms with Crippen molar-refractivity contribution in [3.63, 3.8) is 0 Å². The second-order valence-corrected chi connectivity index (χ2v) is 8.95. The van der Waals surface area contributed by atoms with Gasteiger partial charge in [-0.25, -0.2) is 4.98 Å². The average molecular weight is 416 g/mol. The lowest BCUT2D eigenvalue weighted by molar-refractivity contribution is -0.122. The molecule has 158 valence electrons. The standard InChI is InChI=1S/C23H33N3O2S/c1-16(2)17(3)24-21(27)13-9-10-14-29-23-25-18(4)20(22(28)26(23)5)15-19-11-7-6-8-12-19/h6-8,11-12,16-17H,9-10,13-15H2,1-5H3,(H,24,27)/t17-/m0/s1. The Morgan fingerprint density at radius 3 is 2.52 bits per heavy atom. The van der Waals surface area contributed by atoms with Crippen LogP contribution in [0, 0.1) is 12.8 Å². The van der Waals surface area contributed by atoms with Gasteiger partial charge in [0.1, 0.15) is 0 Å². The molecule has 5 nitrogen and oxygen atoms in total. The lowest BCUT2D eigenvalue weighted by Gasteiger charge is -2.17. The number of thioether (sulfide) groups is 1. The molecular weight excluding hydrogens is 382 g/mol. The van der Waals surface area contributed by atoms with Crippen molar-refractivity contribution in [1.82, 2.24) is 14.9 Å². The molecule has 0 saturated heterocycles. The summed E-state index contributed by atoms with van der Waals surface area (Å²) in [5, 5.41) is 3.77. The predicted molar refractivity (Wildman–Crippen MR) is 120 cm³/mol. The van der Waals surface area contributed by atoms with E-state index >= 15 is 0 Å². The van der Waals surface area contributed by atoms with E-state index in [4.69, 9.17) is 0 Å². The van der Waals surface area contributed by atoms with E-state index in [-0.39, 0.29) is 17.5 Å².